The third-order valence-electron chi connectivity index (χ3n) is 3.61. The number of carbonyl (C=O) groups excluding carboxylic acids is 1. The van der Waals surface area contributed by atoms with Gasteiger partial charge in [-0.15, -0.1) is 0 Å². The van der Waals surface area contributed by atoms with Gasteiger partial charge in [0.05, 0.1) is 13.2 Å². The van der Waals surface area contributed by atoms with Gasteiger partial charge in [0.1, 0.15) is 12.2 Å². The Kier molecular flexibility index (Phi) is 3.66. The average Bonchev–Trinajstić information content (AvgIpc) is 2.86. The molecule has 3 heterocycles. The zero-order valence-electron chi connectivity index (χ0n) is 11.3. The fraction of sp³-hybridized carbons (Fsp3) is 0.429. The molecule has 0 atom stereocenters. The number of hydrogen-bond donors (Lipinski definition) is 1. The summed E-state index contributed by atoms with van der Waals surface area (Å²) in [5.41, 5.74) is 7.58. The lowest BCUT2D eigenvalue weighted by Gasteiger charge is -2.27. The minimum Gasteiger partial charge on any atom is -0.378 e. The number of fused-ring (bicyclic) bond motifs is 1. The normalized spacial score (nSPS) is 15.8. The third-order valence-corrected chi connectivity index (χ3v) is 3.61. The predicted octanol–water partition coefficient (Wildman–Crippen LogP) is 0.354. The quantitative estimate of drug-likeness (QED) is 0.876. The van der Waals surface area contributed by atoms with Gasteiger partial charge in [0.2, 0.25) is 5.91 Å². The molecule has 1 aliphatic heterocycles. The molecule has 6 nitrogen and oxygen atoms in total. The van der Waals surface area contributed by atoms with Crippen molar-refractivity contribution in [2.45, 2.75) is 13.1 Å². The van der Waals surface area contributed by atoms with Gasteiger partial charge in [0.15, 0.2) is 0 Å². The topological polar surface area (TPSA) is 73.4 Å². The van der Waals surface area contributed by atoms with Crippen LogP contribution in [0.1, 0.15) is 5.56 Å². The van der Waals surface area contributed by atoms with E-state index in [0.29, 0.717) is 39.4 Å². The number of nitrogens with two attached hydrogens (primary N) is 1. The average molecular weight is 274 g/mol. The van der Waals surface area contributed by atoms with E-state index in [1.165, 1.54) is 0 Å². The first-order valence-corrected chi connectivity index (χ1v) is 6.78. The molecule has 2 N–H and O–H groups in total. The van der Waals surface area contributed by atoms with Gasteiger partial charge in [-0.3, -0.25) is 4.79 Å². The van der Waals surface area contributed by atoms with Gasteiger partial charge in [-0.1, -0.05) is 0 Å². The van der Waals surface area contributed by atoms with E-state index in [0.717, 1.165) is 16.6 Å². The van der Waals surface area contributed by atoms with E-state index in [1.54, 1.807) is 6.20 Å². The molecule has 0 bridgehead atoms. The Labute approximate surface area is 117 Å². The molecule has 1 amide bonds. The Bertz CT molecular complexity index is 617. The van der Waals surface area contributed by atoms with Crippen LogP contribution in [0.15, 0.2) is 24.5 Å². The van der Waals surface area contributed by atoms with Gasteiger partial charge in [-0.05, 0) is 17.7 Å². The first-order valence-electron chi connectivity index (χ1n) is 6.78. The molecule has 0 radical (unpaired) electrons. The second-order valence-corrected chi connectivity index (χ2v) is 4.85. The predicted molar refractivity (Wildman–Crippen MR) is 75.0 cm³/mol. The van der Waals surface area contributed by atoms with Crippen molar-refractivity contribution in [3.63, 3.8) is 0 Å². The second kappa shape index (κ2) is 5.60. The highest BCUT2D eigenvalue weighted by molar-refractivity contribution is 5.83. The van der Waals surface area contributed by atoms with Crippen molar-refractivity contribution >= 4 is 16.9 Å². The molecule has 106 valence electrons. The van der Waals surface area contributed by atoms with Crippen LogP contribution < -0.4 is 5.73 Å². The van der Waals surface area contributed by atoms with Crippen molar-refractivity contribution < 1.29 is 9.53 Å². The molecular weight excluding hydrogens is 256 g/mol. The summed E-state index contributed by atoms with van der Waals surface area (Å²) < 4.78 is 7.15. The van der Waals surface area contributed by atoms with Gasteiger partial charge in [-0.2, -0.15) is 0 Å². The number of nitrogens with zero attached hydrogens (tertiary/aromatic N) is 3. The van der Waals surface area contributed by atoms with Gasteiger partial charge >= 0.3 is 0 Å². The maximum atomic E-state index is 12.3. The second-order valence-electron chi connectivity index (χ2n) is 4.85. The highest BCUT2D eigenvalue weighted by Gasteiger charge is 2.18. The zero-order valence-corrected chi connectivity index (χ0v) is 11.3. The summed E-state index contributed by atoms with van der Waals surface area (Å²) in [7, 11) is 0. The van der Waals surface area contributed by atoms with Crippen molar-refractivity contribution in [2.24, 2.45) is 5.73 Å². The van der Waals surface area contributed by atoms with Crippen molar-refractivity contribution in [1.82, 2.24) is 14.5 Å². The molecule has 0 unspecified atom stereocenters. The Morgan fingerprint density at radius 2 is 2.20 bits per heavy atom. The minimum atomic E-state index is 0.0967. The number of aromatic nitrogens is 2. The molecule has 20 heavy (non-hydrogen) atoms. The summed E-state index contributed by atoms with van der Waals surface area (Å²) in [5, 5.41) is 1.02. The van der Waals surface area contributed by atoms with E-state index in [9.17, 15) is 4.79 Å². The van der Waals surface area contributed by atoms with Gasteiger partial charge in [0, 0.05) is 37.4 Å². The zero-order chi connectivity index (χ0) is 13.9. The van der Waals surface area contributed by atoms with Crippen LogP contribution in [-0.2, 0) is 22.6 Å². The van der Waals surface area contributed by atoms with E-state index in [-0.39, 0.29) is 5.91 Å². The molecule has 2 aromatic heterocycles. The molecule has 0 aliphatic carbocycles. The molecule has 0 aromatic carbocycles. The first kappa shape index (κ1) is 13.1. The SMILES string of the molecule is NCc1cn(CC(=O)N2CCOCC2)c2ncccc12. The largest absolute Gasteiger partial charge is 0.378 e. The molecule has 1 saturated heterocycles. The van der Waals surface area contributed by atoms with Gasteiger partial charge < -0.3 is 19.9 Å². The van der Waals surface area contributed by atoms with E-state index in [4.69, 9.17) is 10.5 Å². The molecule has 1 fully saturated rings. The fourth-order valence-electron chi connectivity index (χ4n) is 2.54. The lowest BCUT2D eigenvalue weighted by atomic mass is 10.2. The van der Waals surface area contributed by atoms with Gasteiger partial charge in [-0.25, -0.2) is 4.98 Å². The van der Waals surface area contributed by atoms with Crippen LogP contribution in [0, 0.1) is 0 Å². The number of hydrogen-bond acceptors (Lipinski definition) is 4. The Hall–Kier alpha value is -1.92. The van der Waals surface area contributed by atoms with Crippen LogP contribution in [0.4, 0.5) is 0 Å². The van der Waals surface area contributed by atoms with Crippen molar-refractivity contribution in [1.29, 1.82) is 0 Å². The molecule has 6 heteroatoms. The van der Waals surface area contributed by atoms with E-state index in [2.05, 4.69) is 4.98 Å². The maximum Gasteiger partial charge on any atom is 0.242 e. The fourth-order valence-corrected chi connectivity index (χ4v) is 2.54. The standard InChI is InChI=1S/C14H18N4O2/c15-8-11-9-18(14-12(11)2-1-3-16-14)10-13(19)17-4-6-20-7-5-17/h1-3,9H,4-8,10,15H2. The number of rotatable bonds is 3. The van der Waals surface area contributed by atoms with Crippen LogP contribution >= 0.6 is 0 Å². The Balaban J connectivity index is 1.85. The van der Waals surface area contributed by atoms with E-state index in [1.807, 2.05) is 27.8 Å². The van der Waals surface area contributed by atoms with Crippen LogP contribution in [0.25, 0.3) is 11.0 Å². The number of carbonyl (C=O) groups is 1. The smallest absolute Gasteiger partial charge is 0.242 e. The summed E-state index contributed by atoms with van der Waals surface area (Å²) in [6.45, 7) is 3.30. The summed E-state index contributed by atoms with van der Waals surface area (Å²) in [5.74, 6) is 0.0967. The molecule has 3 rings (SSSR count). The van der Waals surface area contributed by atoms with E-state index < -0.39 is 0 Å². The van der Waals surface area contributed by atoms with Gasteiger partial charge in [0.25, 0.3) is 0 Å². The number of ether oxygens (including phenoxy) is 1. The van der Waals surface area contributed by atoms with Crippen LogP contribution in [0.2, 0.25) is 0 Å². The molecule has 2 aromatic rings. The first-order chi connectivity index (χ1) is 9.79. The minimum absolute atomic E-state index is 0.0967. The highest BCUT2D eigenvalue weighted by Crippen LogP contribution is 2.19. The lowest BCUT2D eigenvalue weighted by Crippen LogP contribution is -2.42. The van der Waals surface area contributed by atoms with E-state index >= 15 is 0 Å². The molecule has 1 aliphatic rings. The summed E-state index contributed by atoms with van der Waals surface area (Å²) in [6.07, 6.45) is 3.66. The van der Waals surface area contributed by atoms with Crippen LogP contribution in [-0.4, -0.2) is 46.7 Å². The van der Waals surface area contributed by atoms with Crippen molar-refractivity contribution in [3.05, 3.63) is 30.1 Å². The third kappa shape index (κ3) is 2.39. The molecule has 0 spiro atoms. The summed E-state index contributed by atoms with van der Waals surface area (Å²) in [6, 6.07) is 3.87. The maximum absolute atomic E-state index is 12.3. The van der Waals surface area contributed by atoms with Crippen molar-refractivity contribution in [3.8, 4) is 0 Å². The lowest BCUT2D eigenvalue weighted by molar-refractivity contribution is -0.135. The number of amides is 1. The molecule has 0 saturated carbocycles. The summed E-state index contributed by atoms with van der Waals surface area (Å²) >= 11 is 0. The number of pyridine rings is 1. The summed E-state index contributed by atoms with van der Waals surface area (Å²) in [4.78, 5) is 18.5. The van der Waals surface area contributed by atoms with Crippen LogP contribution in [0.5, 0.6) is 0 Å². The Morgan fingerprint density at radius 1 is 1.40 bits per heavy atom. The molecular formula is C14H18N4O2. The van der Waals surface area contributed by atoms with Crippen LogP contribution in [0.3, 0.4) is 0 Å². The Morgan fingerprint density at radius 3 is 2.95 bits per heavy atom. The monoisotopic (exact) mass is 274 g/mol. The number of morpholine rings is 1. The highest BCUT2D eigenvalue weighted by atomic mass is 16.5. The van der Waals surface area contributed by atoms with Crippen molar-refractivity contribution in [2.75, 3.05) is 26.3 Å².